The Morgan fingerprint density at radius 1 is 1.10 bits per heavy atom. The number of thiazole rings is 1. The fourth-order valence-electron chi connectivity index (χ4n) is 2.26. The summed E-state index contributed by atoms with van der Waals surface area (Å²) in [5, 5.41) is 4.59. The van der Waals surface area contributed by atoms with Crippen molar-refractivity contribution in [3.05, 3.63) is 34.1 Å². The summed E-state index contributed by atoms with van der Waals surface area (Å²) in [5.41, 5.74) is 4.52. The van der Waals surface area contributed by atoms with Crippen molar-refractivity contribution in [3.8, 4) is 10.6 Å². The number of aryl methyl sites for hydroxylation is 3. The van der Waals surface area contributed by atoms with Crippen molar-refractivity contribution >= 4 is 11.3 Å². The van der Waals surface area contributed by atoms with Gasteiger partial charge >= 0.3 is 0 Å². The van der Waals surface area contributed by atoms with Gasteiger partial charge in [-0.3, -0.25) is 4.98 Å². The van der Waals surface area contributed by atoms with Gasteiger partial charge in [0.2, 0.25) is 0 Å². The molecular weight excluding hydrogens is 266 g/mol. The van der Waals surface area contributed by atoms with E-state index in [0.29, 0.717) is 0 Å². The fourth-order valence-corrected chi connectivity index (χ4v) is 3.36. The standard InChI is InChI=1S/C16H23N3S/c1-5-7-17-10-15-14(6-2)19-16(20-15)13-8-11(3)18-12(4)9-13/h8-9,17H,5-7,10H2,1-4H3. The van der Waals surface area contributed by atoms with Crippen molar-refractivity contribution in [2.45, 2.75) is 47.1 Å². The van der Waals surface area contributed by atoms with E-state index in [1.165, 1.54) is 16.1 Å². The van der Waals surface area contributed by atoms with Crippen molar-refractivity contribution in [1.29, 1.82) is 0 Å². The van der Waals surface area contributed by atoms with Gasteiger partial charge in [-0.2, -0.15) is 0 Å². The lowest BCUT2D eigenvalue weighted by molar-refractivity contribution is 0.677. The highest BCUT2D eigenvalue weighted by Crippen LogP contribution is 2.29. The Bertz CT molecular complexity index is 555. The summed E-state index contributed by atoms with van der Waals surface area (Å²) >= 11 is 1.80. The van der Waals surface area contributed by atoms with Crippen molar-refractivity contribution in [1.82, 2.24) is 15.3 Å². The first-order valence-electron chi connectivity index (χ1n) is 7.29. The molecule has 2 aromatic rings. The average molecular weight is 289 g/mol. The first kappa shape index (κ1) is 15.1. The Balaban J connectivity index is 2.28. The lowest BCUT2D eigenvalue weighted by Gasteiger charge is -2.01. The molecule has 4 heteroatoms. The molecular formula is C16H23N3S. The van der Waals surface area contributed by atoms with Crippen LogP contribution in [0.3, 0.4) is 0 Å². The molecule has 0 aromatic carbocycles. The largest absolute Gasteiger partial charge is 0.312 e. The maximum Gasteiger partial charge on any atom is 0.124 e. The highest BCUT2D eigenvalue weighted by molar-refractivity contribution is 7.15. The first-order valence-corrected chi connectivity index (χ1v) is 8.10. The van der Waals surface area contributed by atoms with Crippen LogP contribution in [0.1, 0.15) is 42.2 Å². The molecule has 2 aromatic heterocycles. The fraction of sp³-hybridized carbons (Fsp3) is 0.500. The molecule has 0 spiro atoms. The van der Waals surface area contributed by atoms with Gasteiger partial charge < -0.3 is 5.32 Å². The third-order valence-electron chi connectivity index (χ3n) is 3.15. The molecule has 0 aliphatic carbocycles. The van der Waals surface area contributed by atoms with Gasteiger partial charge in [0.1, 0.15) is 5.01 Å². The molecule has 0 saturated carbocycles. The van der Waals surface area contributed by atoms with E-state index in [1.54, 1.807) is 11.3 Å². The molecule has 0 atom stereocenters. The van der Waals surface area contributed by atoms with Crippen molar-refractivity contribution in [2.24, 2.45) is 0 Å². The summed E-state index contributed by atoms with van der Waals surface area (Å²) in [6.07, 6.45) is 2.15. The Kier molecular flexibility index (Phi) is 5.26. The van der Waals surface area contributed by atoms with Crippen LogP contribution in [-0.4, -0.2) is 16.5 Å². The lowest BCUT2D eigenvalue weighted by Crippen LogP contribution is -2.13. The maximum atomic E-state index is 4.81. The molecule has 1 N–H and O–H groups in total. The quantitative estimate of drug-likeness (QED) is 0.820. The van der Waals surface area contributed by atoms with Gasteiger partial charge in [0.05, 0.1) is 5.69 Å². The van der Waals surface area contributed by atoms with E-state index in [4.69, 9.17) is 4.98 Å². The van der Waals surface area contributed by atoms with Crippen LogP contribution in [0, 0.1) is 13.8 Å². The van der Waals surface area contributed by atoms with Crippen LogP contribution in [-0.2, 0) is 13.0 Å². The van der Waals surface area contributed by atoms with E-state index in [1.807, 2.05) is 13.8 Å². The molecule has 108 valence electrons. The zero-order valence-corrected chi connectivity index (χ0v) is 13.6. The van der Waals surface area contributed by atoms with Gasteiger partial charge in [0.25, 0.3) is 0 Å². The second kappa shape index (κ2) is 6.95. The van der Waals surface area contributed by atoms with E-state index in [0.717, 1.165) is 42.3 Å². The first-order chi connectivity index (χ1) is 9.63. The lowest BCUT2D eigenvalue weighted by atomic mass is 10.2. The highest BCUT2D eigenvalue weighted by atomic mass is 32.1. The average Bonchev–Trinajstić information content (AvgIpc) is 2.81. The maximum absolute atomic E-state index is 4.81. The van der Waals surface area contributed by atoms with Crippen molar-refractivity contribution < 1.29 is 0 Å². The molecule has 0 unspecified atom stereocenters. The number of aromatic nitrogens is 2. The normalized spacial score (nSPS) is 11.0. The van der Waals surface area contributed by atoms with Crippen LogP contribution in [0.2, 0.25) is 0 Å². The minimum atomic E-state index is 0.928. The van der Waals surface area contributed by atoms with Crippen LogP contribution in [0.25, 0.3) is 10.6 Å². The number of rotatable bonds is 6. The molecule has 0 radical (unpaired) electrons. The Morgan fingerprint density at radius 2 is 1.80 bits per heavy atom. The van der Waals surface area contributed by atoms with Crippen LogP contribution >= 0.6 is 11.3 Å². The minimum absolute atomic E-state index is 0.928. The second-order valence-corrected chi connectivity index (χ2v) is 6.14. The minimum Gasteiger partial charge on any atom is -0.312 e. The molecule has 0 saturated heterocycles. The summed E-state index contributed by atoms with van der Waals surface area (Å²) in [4.78, 5) is 10.6. The topological polar surface area (TPSA) is 37.8 Å². The zero-order chi connectivity index (χ0) is 14.5. The molecule has 0 bridgehead atoms. The van der Waals surface area contributed by atoms with E-state index in [2.05, 4.69) is 36.3 Å². The summed E-state index contributed by atoms with van der Waals surface area (Å²) in [6, 6.07) is 4.24. The predicted octanol–water partition coefficient (Wildman–Crippen LogP) is 3.88. The van der Waals surface area contributed by atoms with E-state index in [-0.39, 0.29) is 0 Å². The van der Waals surface area contributed by atoms with Gasteiger partial charge in [-0.05, 0) is 45.4 Å². The molecule has 20 heavy (non-hydrogen) atoms. The molecule has 0 aliphatic rings. The zero-order valence-electron chi connectivity index (χ0n) is 12.8. The molecule has 3 nitrogen and oxygen atoms in total. The molecule has 0 aliphatic heterocycles. The summed E-state index contributed by atoms with van der Waals surface area (Å²) < 4.78 is 0. The van der Waals surface area contributed by atoms with Crippen LogP contribution in [0.5, 0.6) is 0 Å². The molecule has 2 rings (SSSR count). The number of nitrogens with zero attached hydrogens (tertiary/aromatic N) is 2. The second-order valence-electron chi connectivity index (χ2n) is 5.06. The third kappa shape index (κ3) is 3.64. The third-order valence-corrected chi connectivity index (χ3v) is 4.30. The van der Waals surface area contributed by atoms with Crippen LogP contribution in [0.15, 0.2) is 12.1 Å². The number of hydrogen-bond donors (Lipinski definition) is 1. The van der Waals surface area contributed by atoms with Gasteiger partial charge in [-0.25, -0.2) is 4.98 Å². The van der Waals surface area contributed by atoms with E-state index in [9.17, 15) is 0 Å². The summed E-state index contributed by atoms with van der Waals surface area (Å²) in [6.45, 7) is 10.4. The summed E-state index contributed by atoms with van der Waals surface area (Å²) in [5.74, 6) is 0. The number of nitrogens with one attached hydrogen (secondary N) is 1. The smallest absolute Gasteiger partial charge is 0.124 e. The Hall–Kier alpha value is -1.26. The highest BCUT2D eigenvalue weighted by Gasteiger charge is 2.11. The van der Waals surface area contributed by atoms with E-state index < -0.39 is 0 Å². The van der Waals surface area contributed by atoms with Gasteiger partial charge in [-0.1, -0.05) is 13.8 Å². The molecule has 0 fully saturated rings. The monoisotopic (exact) mass is 289 g/mol. The number of pyridine rings is 1. The summed E-state index contributed by atoms with van der Waals surface area (Å²) in [7, 11) is 0. The van der Waals surface area contributed by atoms with Gasteiger partial charge in [0, 0.05) is 28.4 Å². The predicted molar refractivity (Wildman–Crippen MR) is 86.2 cm³/mol. The van der Waals surface area contributed by atoms with Gasteiger partial charge in [0.15, 0.2) is 0 Å². The molecule has 0 amide bonds. The van der Waals surface area contributed by atoms with E-state index >= 15 is 0 Å². The Labute approximate surface area is 125 Å². The molecule has 2 heterocycles. The van der Waals surface area contributed by atoms with Crippen molar-refractivity contribution in [2.75, 3.05) is 6.54 Å². The van der Waals surface area contributed by atoms with Crippen LogP contribution < -0.4 is 5.32 Å². The number of hydrogen-bond acceptors (Lipinski definition) is 4. The van der Waals surface area contributed by atoms with Gasteiger partial charge in [-0.15, -0.1) is 11.3 Å². The SMILES string of the molecule is CCCNCc1sc(-c2cc(C)nc(C)c2)nc1CC. The van der Waals surface area contributed by atoms with Crippen molar-refractivity contribution in [3.63, 3.8) is 0 Å². The Morgan fingerprint density at radius 3 is 2.40 bits per heavy atom. The van der Waals surface area contributed by atoms with Crippen LogP contribution in [0.4, 0.5) is 0 Å².